The highest BCUT2D eigenvalue weighted by molar-refractivity contribution is 5.43. The first-order valence-electron chi connectivity index (χ1n) is 4.66. The van der Waals surface area contributed by atoms with Gasteiger partial charge < -0.3 is 10.6 Å². The van der Waals surface area contributed by atoms with Gasteiger partial charge in [0.1, 0.15) is 5.82 Å². The Morgan fingerprint density at radius 2 is 2.15 bits per heavy atom. The molecule has 2 aliphatic rings. The van der Waals surface area contributed by atoms with Crippen molar-refractivity contribution < 1.29 is 0 Å². The van der Waals surface area contributed by atoms with Crippen molar-refractivity contribution in [1.29, 1.82) is 0 Å². The third kappa shape index (κ3) is 1.13. The number of hydrogen-bond acceptors (Lipinski definition) is 4. The summed E-state index contributed by atoms with van der Waals surface area (Å²) in [4.78, 5) is 10.4. The van der Waals surface area contributed by atoms with E-state index >= 15 is 0 Å². The zero-order chi connectivity index (χ0) is 8.84. The number of hydrogen-bond donors (Lipinski definition) is 1. The van der Waals surface area contributed by atoms with E-state index in [1.54, 1.807) is 6.20 Å². The fraction of sp³-hybridized carbons (Fsp3) is 0.556. The van der Waals surface area contributed by atoms with Crippen molar-refractivity contribution in [1.82, 2.24) is 9.97 Å². The molecule has 4 nitrogen and oxygen atoms in total. The molecule has 2 N–H and O–H groups in total. The first kappa shape index (κ1) is 7.12. The molecule has 2 heterocycles. The van der Waals surface area contributed by atoms with Gasteiger partial charge in [-0.15, -0.1) is 0 Å². The molecule has 13 heavy (non-hydrogen) atoms. The van der Waals surface area contributed by atoms with Crippen LogP contribution in [0.2, 0.25) is 0 Å². The zero-order valence-electron chi connectivity index (χ0n) is 7.35. The van der Waals surface area contributed by atoms with Crippen LogP contribution < -0.4 is 10.6 Å². The molecule has 68 valence electrons. The van der Waals surface area contributed by atoms with Crippen molar-refractivity contribution in [2.24, 2.45) is 11.8 Å². The molecule has 3 rings (SSSR count). The predicted molar refractivity (Wildman–Crippen MR) is 50.3 cm³/mol. The van der Waals surface area contributed by atoms with Crippen molar-refractivity contribution in [2.75, 3.05) is 23.7 Å². The largest absolute Gasteiger partial charge is 0.368 e. The van der Waals surface area contributed by atoms with E-state index in [1.807, 2.05) is 6.07 Å². The molecule has 4 heteroatoms. The van der Waals surface area contributed by atoms with Crippen molar-refractivity contribution in [3.63, 3.8) is 0 Å². The number of fused-ring (bicyclic) bond motifs is 1. The Morgan fingerprint density at radius 1 is 1.38 bits per heavy atom. The van der Waals surface area contributed by atoms with Crippen LogP contribution in [-0.4, -0.2) is 23.1 Å². The molecular weight excluding hydrogens is 164 g/mol. The van der Waals surface area contributed by atoms with Gasteiger partial charge in [-0.25, -0.2) is 4.98 Å². The molecule has 1 aromatic heterocycles. The second kappa shape index (κ2) is 2.34. The monoisotopic (exact) mass is 176 g/mol. The SMILES string of the molecule is Nc1nccc(N2CC3CC3C2)n1. The van der Waals surface area contributed by atoms with Crippen LogP contribution in [0, 0.1) is 11.8 Å². The van der Waals surface area contributed by atoms with E-state index in [9.17, 15) is 0 Å². The Morgan fingerprint density at radius 3 is 2.85 bits per heavy atom. The number of piperidine rings is 1. The molecule has 2 unspecified atom stereocenters. The van der Waals surface area contributed by atoms with Gasteiger partial charge in [-0.05, 0) is 24.3 Å². The molecule has 0 radical (unpaired) electrons. The topological polar surface area (TPSA) is 55.0 Å². The van der Waals surface area contributed by atoms with Crippen LogP contribution in [0.3, 0.4) is 0 Å². The van der Waals surface area contributed by atoms with Crippen LogP contribution >= 0.6 is 0 Å². The Labute approximate surface area is 76.8 Å². The zero-order valence-corrected chi connectivity index (χ0v) is 7.35. The third-order valence-electron chi connectivity index (χ3n) is 2.96. The summed E-state index contributed by atoms with van der Waals surface area (Å²) in [5, 5.41) is 0. The quantitative estimate of drug-likeness (QED) is 0.677. The van der Waals surface area contributed by atoms with Gasteiger partial charge >= 0.3 is 0 Å². The highest BCUT2D eigenvalue weighted by Crippen LogP contribution is 2.45. The lowest BCUT2D eigenvalue weighted by Crippen LogP contribution is -2.23. The van der Waals surface area contributed by atoms with Crippen LogP contribution in [0.15, 0.2) is 12.3 Å². The van der Waals surface area contributed by atoms with Gasteiger partial charge in [-0.1, -0.05) is 0 Å². The summed E-state index contributed by atoms with van der Waals surface area (Å²) in [6, 6.07) is 1.93. The minimum atomic E-state index is 0.373. The first-order chi connectivity index (χ1) is 6.33. The number of aromatic nitrogens is 2. The van der Waals surface area contributed by atoms with E-state index in [1.165, 1.54) is 6.42 Å². The van der Waals surface area contributed by atoms with Crippen molar-refractivity contribution in [2.45, 2.75) is 6.42 Å². The van der Waals surface area contributed by atoms with E-state index < -0.39 is 0 Å². The van der Waals surface area contributed by atoms with Crippen molar-refractivity contribution in [3.05, 3.63) is 12.3 Å². The Hall–Kier alpha value is -1.32. The lowest BCUT2D eigenvalue weighted by atomic mass is 10.4. The van der Waals surface area contributed by atoms with Gasteiger partial charge in [0.25, 0.3) is 0 Å². The van der Waals surface area contributed by atoms with E-state index in [-0.39, 0.29) is 0 Å². The van der Waals surface area contributed by atoms with E-state index in [4.69, 9.17) is 5.73 Å². The number of nitrogens with zero attached hydrogens (tertiary/aromatic N) is 3. The van der Waals surface area contributed by atoms with Crippen LogP contribution in [0.4, 0.5) is 11.8 Å². The molecule has 2 fully saturated rings. The summed E-state index contributed by atoms with van der Waals surface area (Å²) in [7, 11) is 0. The Balaban J connectivity index is 1.84. The summed E-state index contributed by atoms with van der Waals surface area (Å²) >= 11 is 0. The lowest BCUT2D eigenvalue weighted by molar-refractivity contribution is 0.804. The summed E-state index contributed by atoms with van der Waals surface area (Å²) in [6.45, 7) is 2.31. The molecule has 1 saturated carbocycles. The van der Waals surface area contributed by atoms with E-state index in [0.29, 0.717) is 5.95 Å². The molecular formula is C9H12N4. The van der Waals surface area contributed by atoms with Crippen LogP contribution in [-0.2, 0) is 0 Å². The normalized spacial score (nSPS) is 30.3. The Kier molecular flexibility index (Phi) is 1.28. The number of rotatable bonds is 1. The molecule has 1 saturated heterocycles. The predicted octanol–water partition coefficient (Wildman–Crippen LogP) is 0.515. The first-order valence-corrected chi connectivity index (χ1v) is 4.66. The molecule has 0 bridgehead atoms. The number of nitrogens with two attached hydrogens (primary N) is 1. The summed E-state index contributed by atoms with van der Waals surface area (Å²) in [6.07, 6.45) is 3.14. The van der Waals surface area contributed by atoms with Crippen molar-refractivity contribution in [3.8, 4) is 0 Å². The molecule has 1 aromatic rings. The third-order valence-corrected chi connectivity index (χ3v) is 2.96. The van der Waals surface area contributed by atoms with E-state index in [0.717, 1.165) is 30.7 Å². The molecule has 0 amide bonds. The second-order valence-corrected chi connectivity index (χ2v) is 3.93. The highest BCUT2D eigenvalue weighted by atomic mass is 15.2. The number of nitrogen functional groups attached to an aromatic ring is 1. The fourth-order valence-corrected chi connectivity index (χ4v) is 2.13. The molecule has 1 aliphatic heterocycles. The van der Waals surface area contributed by atoms with Crippen LogP contribution in [0.5, 0.6) is 0 Å². The van der Waals surface area contributed by atoms with Gasteiger partial charge in [0, 0.05) is 19.3 Å². The molecule has 0 aromatic carbocycles. The molecule has 2 atom stereocenters. The minimum Gasteiger partial charge on any atom is -0.368 e. The highest BCUT2D eigenvalue weighted by Gasteiger charge is 2.45. The maximum atomic E-state index is 5.52. The summed E-state index contributed by atoms with van der Waals surface area (Å²) in [5.74, 6) is 3.21. The van der Waals surface area contributed by atoms with E-state index in [2.05, 4.69) is 14.9 Å². The second-order valence-electron chi connectivity index (χ2n) is 3.93. The molecule has 0 spiro atoms. The molecule has 1 aliphatic carbocycles. The maximum Gasteiger partial charge on any atom is 0.221 e. The van der Waals surface area contributed by atoms with Crippen molar-refractivity contribution >= 4 is 11.8 Å². The van der Waals surface area contributed by atoms with Gasteiger partial charge in [-0.3, -0.25) is 0 Å². The van der Waals surface area contributed by atoms with Gasteiger partial charge in [-0.2, -0.15) is 4.98 Å². The van der Waals surface area contributed by atoms with Gasteiger partial charge in [0.05, 0.1) is 0 Å². The lowest BCUT2D eigenvalue weighted by Gasteiger charge is -2.18. The van der Waals surface area contributed by atoms with Crippen LogP contribution in [0.25, 0.3) is 0 Å². The Bertz CT molecular complexity index is 328. The smallest absolute Gasteiger partial charge is 0.221 e. The van der Waals surface area contributed by atoms with Gasteiger partial charge in [0.2, 0.25) is 5.95 Å². The average molecular weight is 176 g/mol. The average Bonchev–Trinajstić information content (AvgIpc) is 2.74. The maximum absolute atomic E-state index is 5.52. The van der Waals surface area contributed by atoms with Gasteiger partial charge in [0.15, 0.2) is 0 Å². The standard InChI is InChI=1S/C9H12N4/c10-9-11-2-1-8(12-9)13-4-6-3-7(6)5-13/h1-2,6-7H,3-5H2,(H2,10,11,12). The summed E-state index contributed by atoms with van der Waals surface area (Å²) < 4.78 is 0. The summed E-state index contributed by atoms with van der Waals surface area (Å²) in [5.41, 5.74) is 5.52. The van der Waals surface area contributed by atoms with Crippen LogP contribution in [0.1, 0.15) is 6.42 Å². The fourth-order valence-electron chi connectivity index (χ4n) is 2.13. The number of anilines is 2. The minimum absolute atomic E-state index is 0.373.